The molecule has 4 nitrogen and oxygen atoms in total. The first-order valence-corrected chi connectivity index (χ1v) is 5.87. The molecule has 0 atom stereocenters. The number of hydrogen-bond acceptors (Lipinski definition) is 3. The van der Waals surface area contributed by atoms with Gasteiger partial charge in [-0.15, -0.1) is 0 Å². The Kier molecular flexibility index (Phi) is 3.54. The van der Waals surface area contributed by atoms with Crippen LogP contribution >= 0.6 is 0 Å². The predicted molar refractivity (Wildman–Crippen MR) is 65.5 cm³/mol. The summed E-state index contributed by atoms with van der Waals surface area (Å²) in [5, 5.41) is 0. The zero-order valence-electron chi connectivity index (χ0n) is 9.69. The van der Waals surface area contributed by atoms with Crippen molar-refractivity contribution in [2.75, 3.05) is 11.4 Å². The van der Waals surface area contributed by atoms with Crippen molar-refractivity contribution in [3.63, 3.8) is 0 Å². The maximum Gasteiger partial charge on any atom is 0.234 e. The molecule has 0 aliphatic carbocycles. The molecule has 0 unspecified atom stereocenters. The topological polar surface area (TPSA) is 63.4 Å². The van der Waals surface area contributed by atoms with Crippen molar-refractivity contribution >= 4 is 17.5 Å². The first-order valence-electron chi connectivity index (χ1n) is 5.87. The Balaban J connectivity index is 2.20. The smallest absolute Gasteiger partial charge is 0.234 e. The van der Waals surface area contributed by atoms with E-state index in [4.69, 9.17) is 5.73 Å². The summed E-state index contributed by atoms with van der Waals surface area (Å²) in [6.45, 7) is 0.645. The molecule has 4 heteroatoms. The van der Waals surface area contributed by atoms with Crippen LogP contribution in [0.2, 0.25) is 0 Å². The lowest BCUT2D eigenvalue weighted by molar-refractivity contribution is -0.121. The highest BCUT2D eigenvalue weighted by molar-refractivity contribution is 6.19. The van der Waals surface area contributed by atoms with Crippen LogP contribution in [0.4, 0.5) is 5.69 Å². The summed E-state index contributed by atoms with van der Waals surface area (Å²) in [6, 6.07) is 7.56. The maximum absolute atomic E-state index is 11.6. The number of anilines is 1. The van der Waals surface area contributed by atoms with Gasteiger partial charge in [-0.2, -0.15) is 0 Å². The van der Waals surface area contributed by atoms with Gasteiger partial charge in [0.1, 0.15) is 0 Å². The number of carbonyl (C=O) groups excluding carboxylic acids is 2. The molecule has 0 bridgehead atoms. The number of amides is 2. The van der Waals surface area contributed by atoms with Gasteiger partial charge in [0.25, 0.3) is 0 Å². The minimum Gasteiger partial charge on any atom is -0.330 e. The Hall–Kier alpha value is -1.68. The van der Waals surface area contributed by atoms with Crippen LogP contribution < -0.4 is 10.6 Å². The van der Waals surface area contributed by atoms with Gasteiger partial charge in [-0.05, 0) is 37.1 Å². The molecule has 90 valence electrons. The minimum absolute atomic E-state index is 0.106. The molecule has 1 aliphatic rings. The van der Waals surface area contributed by atoms with Crippen molar-refractivity contribution < 1.29 is 9.59 Å². The molecular weight excluding hydrogens is 216 g/mol. The molecule has 1 aromatic rings. The number of hydrogen-bond donors (Lipinski definition) is 1. The van der Waals surface area contributed by atoms with Gasteiger partial charge in [0.2, 0.25) is 11.8 Å². The van der Waals surface area contributed by atoms with E-state index >= 15 is 0 Å². The number of imide groups is 1. The van der Waals surface area contributed by atoms with E-state index in [9.17, 15) is 9.59 Å². The fourth-order valence-corrected chi connectivity index (χ4v) is 2.02. The Bertz CT molecular complexity index is 427. The highest BCUT2D eigenvalue weighted by Gasteiger charge is 2.30. The monoisotopic (exact) mass is 232 g/mol. The molecule has 1 aliphatic heterocycles. The molecule has 1 heterocycles. The highest BCUT2D eigenvalue weighted by atomic mass is 16.2. The van der Waals surface area contributed by atoms with E-state index in [0.29, 0.717) is 25.1 Å². The number of rotatable bonds is 4. The fraction of sp³-hybridized carbons (Fsp3) is 0.385. The van der Waals surface area contributed by atoms with Gasteiger partial charge in [-0.1, -0.05) is 12.1 Å². The predicted octanol–water partition coefficient (Wildman–Crippen LogP) is 1.23. The summed E-state index contributed by atoms with van der Waals surface area (Å²) in [5.74, 6) is -0.211. The summed E-state index contributed by atoms with van der Waals surface area (Å²) >= 11 is 0. The van der Waals surface area contributed by atoms with E-state index in [1.165, 1.54) is 4.90 Å². The fourth-order valence-electron chi connectivity index (χ4n) is 2.02. The van der Waals surface area contributed by atoms with Crippen LogP contribution in [0.3, 0.4) is 0 Å². The van der Waals surface area contributed by atoms with Crippen LogP contribution in [0.25, 0.3) is 0 Å². The van der Waals surface area contributed by atoms with Gasteiger partial charge < -0.3 is 5.73 Å². The van der Waals surface area contributed by atoms with Crippen molar-refractivity contribution in [3.8, 4) is 0 Å². The molecule has 17 heavy (non-hydrogen) atoms. The van der Waals surface area contributed by atoms with E-state index in [-0.39, 0.29) is 11.8 Å². The van der Waals surface area contributed by atoms with Crippen molar-refractivity contribution in [2.24, 2.45) is 5.73 Å². The van der Waals surface area contributed by atoms with Gasteiger partial charge in [0.05, 0.1) is 5.69 Å². The molecule has 2 N–H and O–H groups in total. The number of carbonyl (C=O) groups is 2. The van der Waals surface area contributed by atoms with Crippen LogP contribution in [0.15, 0.2) is 24.3 Å². The summed E-state index contributed by atoms with van der Waals surface area (Å²) in [4.78, 5) is 24.5. The number of aryl methyl sites for hydroxylation is 1. The Morgan fingerprint density at radius 3 is 2.53 bits per heavy atom. The third-order valence-corrected chi connectivity index (χ3v) is 2.89. The second-order valence-corrected chi connectivity index (χ2v) is 4.19. The van der Waals surface area contributed by atoms with Crippen molar-refractivity contribution in [2.45, 2.75) is 25.7 Å². The van der Waals surface area contributed by atoms with Gasteiger partial charge in [-0.25, -0.2) is 0 Å². The van der Waals surface area contributed by atoms with E-state index in [1.54, 1.807) is 6.07 Å². The van der Waals surface area contributed by atoms with E-state index in [0.717, 1.165) is 18.4 Å². The van der Waals surface area contributed by atoms with Crippen molar-refractivity contribution in [1.82, 2.24) is 0 Å². The Morgan fingerprint density at radius 1 is 1.18 bits per heavy atom. The average molecular weight is 232 g/mol. The molecule has 0 saturated carbocycles. The molecular formula is C13H16N2O2. The lowest BCUT2D eigenvalue weighted by Gasteiger charge is -2.14. The minimum atomic E-state index is -0.106. The number of nitrogens with two attached hydrogens (primary N) is 1. The van der Waals surface area contributed by atoms with E-state index in [2.05, 4.69) is 0 Å². The third-order valence-electron chi connectivity index (χ3n) is 2.89. The summed E-state index contributed by atoms with van der Waals surface area (Å²) < 4.78 is 0. The van der Waals surface area contributed by atoms with Crippen LogP contribution in [0.1, 0.15) is 24.8 Å². The Labute approximate surface area is 100 Å². The molecule has 1 saturated heterocycles. The lowest BCUT2D eigenvalue weighted by atomic mass is 10.1. The first-order chi connectivity index (χ1) is 8.22. The lowest BCUT2D eigenvalue weighted by Crippen LogP contribution is -2.28. The molecule has 2 amide bonds. The molecule has 0 aromatic heterocycles. The maximum atomic E-state index is 11.6. The standard InChI is InChI=1S/C13H16N2O2/c14-8-2-4-10-3-1-5-11(9-10)15-12(16)6-7-13(15)17/h1,3,5,9H,2,4,6-8,14H2. The van der Waals surface area contributed by atoms with E-state index in [1.807, 2.05) is 18.2 Å². The van der Waals surface area contributed by atoms with Gasteiger partial charge in [0, 0.05) is 12.8 Å². The van der Waals surface area contributed by atoms with Crippen LogP contribution in [-0.2, 0) is 16.0 Å². The number of benzene rings is 1. The zero-order valence-corrected chi connectivity index (χ0v) is 9.69. The molecule has 2 rings (SSSR count). The molecule has 0 radical (unpaired) electrons. The largest absolute Gasteiger partial charge is 0.330 e. The second kappa shape index (κ2) is 5.10. The summed E-state index contributed by atoms with van der Waals surface area (Å²) in [6.07, 6.45) is 2.43. The molecule has 0 spiro atoms. The van der Waals surface area contributed by atoms with Crippen molar-refractivity contribution in [1.29, 1.82) is 0 Å². The zero-order chi connectivity index (χ0) is 12.3. The highest BCUT2D eigenvalue weighted by Crippen LogP contribution is 2.23. The normalized spacial score (nSPS) is 15.7. The summed E-state index contributed by atoms with van der Waals surface area (Å²) in [7, 11) is 0. The number of nitrogens with zero attached hydrogens (tertiary/aromatic N) is 1. The molecule has 1 fully saturated rings. The van der Waals surface area contributed by atoms with Crippen LogP contribution in [0.5, 0.6) is 0 Å². The Morgan fingerprint density at radius 2 is 1.88 bits per heavy atom. The van der Waals surface area contributed by atoms with Crippen LogP contribution in [-0.4, -0.2) is 18.4 Å². The van der Waals surface area contributed by atoms with Gasteiger partial charge in [-0.3, -0.25) is 14.5 Å². The van der Waals surface area contributed by atoms with Crippen molar-refractivity contribution in [3.05, 3.63) is 29.8 Å². The second-order valence-electron chi connectivity index (χ2n) is 4.19. The van der Waals surface area contributed by atoms with E-state index < -0.39 is 0 Å². The van der Waals surface area contributed by atoms with Gasteiger partial charge >= 0.3 is 0 Å². The SMILES string of the molecule is NCCCc1cccc(N2C(=O)CCC2=O)c1. The first kappa shape index (κ1) is 11.8. The molecule has 1 aromatic carbocycles. The summed E-state index contributed by atoms with van der Waals surface area (Å²) in [5.41, 5.74) is 7.26. The quantitative estimate of drug-likeness (QED) is 0.794. The van der Waals surface area contributed by atoms with Gasteiger partial charge in [0.15, 0.2) is 0 Å². The third kappa shape index (κ3) is 2.53. The average Bonchev–Trinajstić information content (AvgIpc) is 2.67. The van der Waals surface area contributed by atoms with Crippen LogP contribution in [0, 0.1) is 0 Å².